The molecule has 41 heavy (non-hydrogen) atoms. The Morgan fingerprint density at radius 3 is 2.80 bits per heavy atom. The third-order valence-corrected chi connectivity index (χ3v) is 8.32. The Kier molecular flexibility index (Phi) is 9.33. The Morgan fingerprint density at radius 1 is 1.22 bits per heavy atom. The van der Waals surface area contributed by atoms with Crippen molar-refractivity contribution in [2.45, 2.75) is 18.9 Å². The van der Waals surface area contributed by atoms with Gasteiger partial charge in [0.1, 0.15) is 30.5 Å². The van der Waals surface area contributed by atoms with Gasteiger partial charge in [0, 0.05) is 42.1 Å². The number of rotatable bonds is 9. The number of anilines is 3. The number of carbonyl (C=O) groups is 2. The summed E-state index contributed by atoms with van der Waals surface area (Å²) in [5, 5.41) is 6.40. The summed E-state index contributed by atoms with van der Waals surface area (Å²) in [6.07, 6.45) is 3.81. The summed E-state index contributed by atoms with van der Waals surface area (Å²) < 4.78 is 26.9. The van der Waals surface area contributed by atoms with E-state index in [1.165, 1.54) is 23.4 Å². The lowest BCUT2D eigenvalue weighted by Crippen LogP contribution is -2.42. The third kappa shape index (κ3) is 6.61. The Hall–Kier alpha value is -3.32. The van der Waals surface area contributed by atoms with Crippen LogP contribution in [0.4, 0.5) is 21.6 Å². The molecule has 0 unspecified atom stereocenters. The number of hydrogen-bond acceptors (Lipinski definition) is 8. The molecule has 216 valence electrons. The fraction of sp³-hybridized carbons (Fsp3) is 0.357. The molecule has 0 bridgehead atoms. The van der Waals surface area contributed by atoms with Crippen LogP contribution in [0.1, 0.15) is 12.8 Å². The van der Waals surface area contributed by atoms with E-state index >= 15 is 0 Å². The van der Waals surface area contributed by atoms with E-state index in [1.54, 1.807) is 18.2 Å². The van der Waals surface area contributed by atoms with Crippen molar-refractivity contribution in [2.24, 2.45) is 0 Å². The molecule has 2 N–H and O–H groups in total. The molecule has 5 rings (SSSR count). The zero-order valence-corrected chi connectivity index (χ0v) is 24.5. The van der Waals surface area contributed by atoms with Crippen molar-refractivity contribution in [3.63, 3.8) is 0 Å². The lowest BCUT2D eigenvalue weighted by molar-refractivity contribution is -0.132. The molecule has 2 aliphatic rings. The number of fused-ring (bicyclic) bond motifs is 1. The average molecular weight is 648 g/mol. The molecule has 10 nitrogen and oxygen atoms in total. The molecule has 2 aliphatic heterocycles. The van der Waals surface area contributed by atoms with Gasteiger partial charge in [0.25, 0.3) is 0 Å². The Balaban J connectivity index is 1.46. The molecular formula is C28H29BrClFN6O4. The predicted molar refractivity (Wildman–Crippen MR) is 158 cm³/mol. The first-order chi connectivity index (χ1) is 19.9. The van der Waals surface area contributed by atoms with Crippen LogP contribution in [0.5, 0.6) is 5.75 Å². The summed E-state index contributed by atoms with van der Waals surface area (Å²) >= 11 is 9.30. The van der Waals surface area contributed by atoms with Gasteiger partial charge in [-0.05, 0) is 53.0 Å². The van der Waals surface area contributed by atoms with Crippen molar-refractivity contribution in [3.8, 4) is 5.75 Å². The monoisotopic (exact) mass is 646 g/mol. The van der Waals surface area contributed by atoms with Crippen LogP contribution in [0.15, 0.2) is 47.7 Å². The molecule has 0 radical (unpaired) electrons. The summed E-state index contributed by atoms with van der Waals surface area (Å²) in [6, 6.07) is 5.92. The molecule has 3 aromatic rings. The standard InChI is InChI=1S/C28H29BrClFN6O4/c1-2-24(38)37-7-3-4-22(37)28(39)35-21-14-17-20(15-23(21)41-13-10-36-8-11-40-12-9-36)32-16-33-27(17)34-19-6-5-18(29)25(30)26(19)31/h2,5-6,14-16,22H,1,3-4,7-13H2,(H,35,39)(H,32,33,34)/t22-/m0/s1. The fourth-order valence-electron chi connectivity index (χ4n) is 4.90. The van der Waals surface area contributed by atoms with E-state index in [0.717, 1.165) is 13.1 Å². The number of benzene rings is 2. The van der Waals surface area contributed by atoms with Crippen LogP contribution in [0, 0.1) is 5.82 Å². The highest BCUT2D eigenvalue weighted by Crippen LogP contribution is 2.36. The lowest BCUT2D eigenvalue weighted by Gasteiger charge is -2.26. The molecule has 3 heterocycles. The van der Waals surface area contributed by atoms with Crippen molar-refractivity contribution in [2.75, 3.05) is 56.6 Å². The minimum absolute atomic E-state index is 0.0625. The van der Waals surface area contributed by atoms with Crippen molar-refractivity contribution in [1.82, 2.24) is 19.8 Å². The van der Waals surface area contributed by atoms with Gasteiger partial charge in [-0.15, -0.1) is 0 Å². The number of ether oxygens (including phenoxy) is 2. The number of nitrogens with one attached hydrogen (secondary N) is 2. The van der Waals surface area contributed by atoms with Gasteiger partial charge in [0.15, 0.2) is 5.82 Å². The number of aromatic nitrogens is 2. The second kappa shape index (κ2) is 13.1. The molecule has 13 heteroatoms. The second-order valence-electron chi connectivity index (χ2n) is 9.62. The maximum atomic E-state index is 14.9. The van der Waals surface area contributed by atoms with Gasteiger partial charge in [0.2, 0.25) is 11.8 Å². The van der Waals surface area contributed by atoms with Crippen LogP contribution in [0.25, 0.3) is 10.9 Å². The van der Waals surface area contributed by atoms with Gasteiger partial charge in [-0.1, -0.05) is 18.2 Å². The Bertz CT molecular complexity index is 1470. The van der Waals surface area contributed by atoms with Crippen molar-refractivity contribution < 1.29 is 23.5 Å². The summed E-state index contributed by atoms with van der Waals surface area (Å²) in [5.74, 6) is -0.545. The maximum Gasteiger partial charge on any atom is 0.247 e. The smallest absolute Gasteiger partial charge is 0.247 e. The van der Waals surface area contributed by atoms with Gasteiger partial charge in [0.05, 0.1) is 35.1 Å². The topological polar surface area (TPSA) is 109 Å². The minimum Gasteiger partial charge on any atom is -0.490 e. The second-order valence-corrected chi connectivity index (χ2v) is 10.9. The quantitative estimate of drug-likeness (QED) is 0.253. The van der Waals surface area contributed by atoms with E-state index in [2.05, 4.69) is 48.0 Å². The summed E-state index contributed by atoms with van der Waals surface area (Å²) in [7, 11) is 0. The van der Waals surface area contributed by atoms with E-state index in [1.807, 2.05) is 0 Å². The average Bonchev–Trinajstić information content (AvgIpc) is 3.48. The zero-order valence-electron chi connectivity index (χ0n) is 22.2. The first-order valence-corrected chi connectivity index (χ1v) is 14.4. The van der Waals surface area contributed by atoms with Crippen LogP contribution >= 0.6 is 27.5 Å². The van der Waals surface area contributed by atoms with Gasteiger partial charge < -0.3 is 25.0 Å². The zero-order chi connectivity index (χ0) is 28.9. The summed E-state index contributed by atoms with van der Waals surface area (Å²) in [6.45, 7) is 8.07. The highest BCUT2D eigenvalue weighted by Gasteiger charge is 2.33. The number of hydrogen-bond donors (Lipinski definition) is 2. The van der Waals surface area contributed by atoms with Crippen LogP contribution < -0.4 is 15.4 Å². The number of halogens is 3. The first-order valence-electron chi connectivity index (χ1n) is 13.2. The predicted octanol–water partition coefficient (Wildman–Crippen LogP) is 4.75. The SMILES string of the molecule is C=CC(=O)N1CCC[C@H]1C(=O)Nc1cc2c(Nc3ccc(Br)c(Cl)c3F)ncnc2cc1OCCN1CCOCC1. The largest absolute Gasteiger partial charge is 0.490 e. The van der Waals surface area contributed by atoms with E-state index < -0.39 is 11.9 Å². The highest BCUT2D eigenvalue weighted by molar-refractivity contribution is 9.10. The molecule has 0 aliphatic carbocycles. The Morgan fingerprint density at radius 2 is 2.02 bits per heavy atom. The van der Waals surface area contributed by atoms with Crippen molar-refractivity contribution >= 4 is 67.4 Å². The lowest BCUT2D eigenvalue weighted by atomic mass is 10.1. The number of morpholine rings is 1. The molecular weight excluding hydrogens is 619 g/mol. The van der Waals surface area contributed by atoms with Crippen molar-refractivity contribution in [1.29, 1.82) is 0 Å². The van der Waals surface area contributed by atoms with E-state index in [9.17, 15) is 14.0 Å². The molecule has 0 spiro atoms. The first kappa shape index (κ1) is 29.2. The van der Waals surface area contributed by atoms with Gasteiger partial charge >= 0.3 is 0 Å². The van der Waals surface area contributed by atoms with Crippen molar-refractivity contribution in [3.05, 3.63) is 58.6 Å². The van der Waals surface area contributed by atoms with E-state index in [4.69, 9.17) is 21.1 Å². The van der Waals surface area contributed by atoms with Crippen LogP contribution in [0.2, 0.25) is 5.02 Å². The molecule has 2 amide bonds. The van der Waals surface area contributed by atoms with E-state index in [-0.39, 0.29) is 22.5 Å². The molecule has 1 aromatic heterocycles. The van der Waals surface area contributed by atoms with E-state index in [0.29, 0.717) is 78.4 Å². The summed E-state index contributed by atoms with van der Waals surface area (Å²) in [5.41, 5.74) is 1.03. The molecule has 2 aromatic carbocycles. The fourth-order valence-corrected chi connectivity index (χ4v) is 5.37. The number of likely N-dealkylation sites (tertiary alicyclic amines) is 1. The van der Waals surface area contributed by atoms with Gasteiger partial charge in [-0.3, -0.25) is 14.5 Å². The van der Waals surface area contributed by atoms with Gasteiger partial charge in [-0.25, -0.2) is 14.4 Å². The summed E-state index contributed by atoms with van der Waals surface area (Å²) in [4.78, 5) is 38.2. The normalized spacial score (nSPS) is 17.4. The molecule has 2 fully saturated rings. The molecule has 0 saturated carbocycles. The number of nitrogens with zero attached hydrogens (tertiary/aromatic N) is 4. The van der Waals surface area contributed by atoms with Crippen LogP contribution in [-0.2, 0) is 14.3 Å². The molecule has 2 saturated heterocycles. The number of carbonyl (C=O) groups excluding carboxylic acids is 2. The highest BCUT2D eigenvalue weighted by atomic mass is 79.9. The van der Waals surface area contributed by atoms with Crippen LogP contribution in [-0.4, -0.2) is 83.6 Å². The maximum absolute atomic E-state index is 14.9. The van der Waals surface area contributed by atoms with Gasteiger partial charge in [-0.2, -0.15) is 0 Å². The third-order valence-electron chi connectivity index (χ3n) is 7.06. The molecule has 1 atom stereocenters. The number of amides is 2. The minimum atomic E-state index is -0.641. The Labute approximate surface area is 250 Å². The van der Waals surface area contributed by atoms with Crippen LogP contribution in [0.3, 0.4) is 0 Å².